The molecule has 0 unspecified atom stereocenters. The van der Waals surface area contributed by atoms with Crippen molar-refractivity contribution in [1.29, 1.82) is 0 Å². The van der Waals surface area contributed by atoms with Crippen molar-refractivity contribution in [3.63, 3.8) is 0 Å². The maximum absolute atomic E-state index is 10.9. The number of hydrogen-bond donors (Lipinski definition) is 1. The van der Waals surface area contributed by atoms with Crippen LogP contribution in [0.2, 0.25) is 5.15 Å². The van der Waals surface area contributed by atoms with E-state index in [9.17, 15) is 10.1 Å². The third-order valence-electron chi connectivity index (χ3n) is 3.03. The van der Waals surface area contributed by atoms with Gasteiger partial charge >= 0.3 is 5.69 Å². The van der Waals surface area contributed by atoms with Gasteiger partial charge in [0.25, 0.3) is 0 Å². The summed E-state index contributed by atoms with van der Waals surface area (Å²) < 4.78 is 0. The second-order valence-electron chi connectivity index (χ2n) is 4.23. The SMILES string of the molecule is O=[N+]([O-])c1c(NC2CCCCC2)ccnc1Cl. The number of rotatable bonds is 3. The van der Waals surface area contributed by atoms with Gasteiger partial charge in [-0.1, -0.05) is 30.9 Å². The molecule has 1 aromatic heterocycles. The van der Waals surface area contributed by atoms with Crippen LogP contribution in [-0.2, 0) is 0 Å². The van der Waals surface area contributed by atoms with Crippen molar-refractivity contribution in [3.05, 3.63) is 27.5 Å². The van der Waals surface area contributed by atoms with Gasteiger partial charge in [0.05, 0.1) is 4.92 Å². The summed E-state index contributed by atoms with van der Waals surface area (Å²) in [7, 11) is 0. The molecule has 0 radical (unpaired) electrons. The zero-order chi connectivity index (χ0) is 12.3. The van der Waals surface area contributed by atoms with E-state index in [2.05, 4.69) is 10.3 Å². The Morgan fingerprint density at radius 1 is 1.41 bits per heavy atom. The summed E-state index contributed by atoms with van der Waals surface area (Å²) in [4.78, 5) is 14.2. The minimum absolute atomic E-state index is 0.0594. The van der Waals surface area contributed by atoms with Gasteiger partial charge in [-0.05, 0) is 18.9 Å². The number of halogens is 1. The van der Waals surface area contributed by atoms with Crippen LogP contribution in [0, 0.1) is 10.1 Å². The van der Waals surface area contributed by atoms with Crippen molar-refractivity contribution in [2.24, 2.45) is 0 Å². The van der Waals surface area contributed by atoms with Gasteiger partial charge in [0.1, 0.15) is 5.69 Å². The number of pyridine rings is 1. The van der Waals surface area contributed by atoms with E-state index in [1.54, 1.807) is 6.07 Å². The van der Waals surface area contributed by atoms with E-state index < -0.39 is 4.92 Å². The highest BCUT2D eigenvalue weighted by Crippen LogP contribution is 2.32. The zero-order valence-electron chi connectivity index (χ0n) is 9.36. The summed E-state index contributed by atoms with van der Waals surface area (Å²) >= 11 is 5.75. The first-order valence-corrected chi connectivity index (χ1v) is 6.11. The highest BCUT2D eigenvalue weighted by molar-refractivity contribution is 6.32. The molecular formula is C11H14ClN3O2. The number of nitrogens with zero attached hydrogens (tertiary/aromatic N) is 2. The minimum Gasteiger partial charge on any atom is -0.377 e. The monoisotopic (exact) mass is 255 g/mol. The molecule has 5 nitrogen and oxygen atoms in total. The molecule has 92 valence electrons. The van der Waals surface area contributed by atoms with E-state index in [4.69, 9.17) is 11.6 Å². The third kappa shape index (κ3) is 2.85. The Kier molecular flexibility index (Phi) is 3.78. The Bertz CT molecular complexity index is 419. The number of nitrogens with one attached hydrogen (secondary N) is 1. The van der Waals surface area contributed by atoms with Crippen LogP contribution in [0.3, 0.4) is 0 Å². The van der Waals surface area contributed by atoms with Gasteiger partial charge in [0.15, 0.2) is 0 Å². The van der Waals surface area contributed by atoms with E-state index in [1.807, 2.05) is 0 Å². The highest BCUT2D eigenvalue weighted by Gasteiger charge is 2.22. The molecular weight excluding hydrogens is 242 g/mol. The third-order valence-corrected chi connectivity index (χ3v) is 3.30. The molecule has 0 bridgehead atoms. The van der Waals surface area contributed by atoms with Crippen LogP contribution in [-0.4, -0.2) is 15.9 Å². The van der Waals surface area contributed by atoms with Gasteiger partial charge in [-0.3, -0.25) is 10.1 Å². The highest BCUT2D eigenvalue weighted by atomic mass is 35.5. The molecule has 1 N–H and O–H groups in total. The van der Waals surface area contributed by atoms with E-state index in [0.29, 0.717) is 11.7 Å². The van der Waals surface area contributed by atoms with Gasteiger partial charge in [0.2, 0.25) is 5.15 Å². The Hall–Kier alpha value is -1.36. The van der Waals surface area contributed by atoms with E-state index in [-0.39, 0.29) is 10.8 Å². The molecule has 0 saturated heterocycles. The molecule has 1 aliphatic carbocycles. The lowest BCUT2D eigenvalue weighted by Crippen LogP contribution is -2.22. The van der Waals surface area contributed by atoms with Crippen LogP contribution in [0.25, 0.3) is 0 Å². The topological polar surface area (TPSA) is 68.1 Å². The van der Waals surface area contributed by atoms with Crippen molar-refractivity contribution < 1.29 is 4.92 Å². The minimum atomic E-state index is -0.486. The number of nitro groups is 1. The van der Waals surface area contributed by atoms with Crippen molar-refractivity contribution in [2.45, 2.75) is 38.1 Å². The van der Waals surface area contributed by atoms with Gasteiger partial charge in [-0.25, -0.2) is 4.98 Å². The first-order valence-electron chi connectivity index (χ1n) is 5.74. The average molecular weight is 256 g/mol. The van der Waals surface area contributed by atoms with E-state index >= 15 is 0 Å². The predicted octanol–water partition coefficient (Wildman–Crippen LogP) is 3.39. The second kappa shape index (κ2) is 5.31. The van der Waals surface area contributed by atoms with Crippen molar-refractivity contribution in [1.82, 2.24) is 4.98 Å². The zero-order valence-corrected chi connectivity index (χ0v) is 10.1. The molecule has 1 heterocycles. The molecule has 1 saturated carbocycles. The predicted molar refractivity (Wildman–Crippen MR) is 66.4 cm³/mol. The standard InChI is InChI=1S/C11H14ClN3O2/c12-11-10(15(16)17)9(6-7-13-11)14-8-4-2-1-3-5-8/h6-8H,1-5H2,(H,13,14). The summed E-state index contributed by atoms with van der Waals surface area (Å²) in [5.74, 6) is 0. The molecule has 6 heteroatoms. The molecule has 0 amide bonds. The van der Waals surface area contributed by atoms with E-state index in [0.717, 1.165) is 12.8 Å². The maximum atomic E-state index is 10.9. The molecule has 0 atom stereocenters. The normalized spacial score (nSPS) is 16.8. The molecule has 2 rings (SSSR count). The van der Waals surface area contributed by atoms with Gasteiger partial charge in [-0.15, -0.1) is 0 Å². The van der Waals surface area contributed by atoms with Crippen LogP contribution in [0.4, 0.5) is 11.4 Å². The molecule has 1 aliphatic rings. The van der Waals surface area contributed by atoms with Gasteiger partial charge < -0.3 is 5.32 Å². The van der Waals surface area contributed by atoms with Crippen molar-refractivity contribution in [3.8, 4) is 0 Å². The number of hydrogen-bond acceptors (Lipinski definition) is 4. The Morgan fingerprint density at radius 2 is 2.12 bits per heavy atom. The number of aromatic nitrogens is 1. The van der Waals surface area contributed by atoms with Crippen molar-refractivity contribution in [2.75, 3.05) is 5.32 Å². The van der Waals surface area contributed by atoms with Crippen LogP contribution in [0.1, 0.15) is 32.1 Å². The second-order valence-corrected chi connectivity index (χ2v) is 4.59. The molecule has 0 aromatic carbocycles. The van der Waals surface area contributed by atoms with Crippen LogP contribution < -0.4 is 5.32 Å². The van der Waals surface area contributed by atoms with Gasteiger partial charge in [0, 0.05) is 12.2 Å². The van der Waals surface area contributed by atoms with Crippen LogP contribution >= 0.6 is 11.6 Å². The van der Waals surface area contributed by atoms with Gasteiger partial charge in [-0.2, -0.15) is 0 Å². The Labute approximate surface area is 104 Å². The smallest absolute Gasteiger partial charge is 0.329 e. The molecule has 1 fully saturated rings. The Balaban J connectivity index is 2.19. The summed E-state index contributed by atoms with van der Waals surface area (Å²) in [6.45, 7) is 0. The summed E-state index contributed by atoms with van der Waals surface area (Å²) in [5.41, 5.74) is 0.349. The fraction of sp³-hybridized carbons (Fsp3) is 0.545. The maximum Gasteiger partial charge on any atom is 0.329 e. The fourth-order valence-electron chi connectivity index (χ4n) is 2.19. The Morgan fingerprint density at radius 3 is 2.76 bits per heavy atom. The summed E-state index contributed by atoms with van der Waals surface area (Å²) in [5, 5.41) is 14.1. The summed E-state index contributed by atoms with van der Waals surface area (Å²) in [6.07, 6.45) is 7.18. The molecule has 0 aliphatic heterocycles. The lowest BCUT2D eigenvalue weighted by atomic mass is 9.95. The van der Waals surface area contributed by atoms with Crippen LogP contribution in [0.15, 0.2) is 12.3 Å². The molecule has 0 spiro atoms. The first-order chi connectivity index (χ1) is 8.18. The lowest BCUT2D eigenvalue weighted by Gasteiger charge is -2.23. The molecule has 17 heavy (non-hydrogen) atoms. The quantitative estimate of drug-likeness (QED) is 0.511. The average Bonchev–Trinajstić information content (AvgIpc) is 2.30. The fourth-order valence-corrected chi connectivity index (χ4v) is 2.41. The lowest BCUT2D eigenvalue weighted by molar-refractivity contribution is -0.384. The molecule has 1 aromatic rings. The first kappa shape index (κ1) is 12.1. The van der Waals surface area contributed by atoms with Crippen molar-refractivity contribution >= 4 is 23.0 Å². The summed E-state index contributed by atoms with van der Waals surface area (Å²) in [6, 6.07) is 1.92. The number of anilines is 1. The largest absolute Gasteiger partial charge is 0.377 e. The van der Waals surface area contributed by atoms with E-state index in [1.165, 1.54) is 25.5 Å². The van der Waals surface area contributed by atoms with Crippen LogP contribution in [0.5, 0.6) is 0 Å².